The Morgan fingerprint density at radius 2 is 0.942 bits per heavy atom. The maximum Gasteiger partial charge on any atom is 0.143 e. The van der Waals surface area contributed by atoms with Crippen molar-refractivity contribution in [3.63, 3.8) is 0 Å². The van der Waals surface area contributed by atoms with Crippen molar-refractivity contribution in [2.75, 3.05) is 0 Å². The molecule has 0 fully saturated rings. The van der Waals surface area contributed by atoms with E-state index in [0.717, 1.165) is 11.2 Å². The van der Waals surface area contributed by atoms with Crippen LogP contribution < -0.4 is 0 Å². The molecular weight excluding hydrogens is 629 g/mol. The summed E-state index contributed by atoms with van der Waals surface area (Å²) in [5.74, 6) is 0. The Kier molecular flexibility index (Phi) is 6.08. The topological polar surface area (TPSA) is 13.1 Å². The molecule has 9 aromatic carbocycles. The fraction of sp³-hybridized carbons (Fsp3) is 0.0588. The maximum absolute atomic E-state index is 6.77. The number of benzene rings is 9. The summed E-state index contributed by atoms with van der Waals surface area (Å²) in [6.45, 7) is 4.64. The van der Waals surface area contributed by atoms with Crippen molar-refractivity contribution in [1.82, 2.24) is 0 Å². The number of hydrogen-bond donors (Lipinski definition) is 0. The minimum atomic E-state index is -0.0555. The first-order chi connectivity index (χ1) is 25.5. The van der Waals surface area contributed by atoms with Crippen molar-refractivity contribution >= 4 is 54.3 Å². The summed E-state index contributed by atoms with van der Waals surface area (Å²) in [5.41, 5.74) is 14.5. The summed E-state index contributed by atoms with van der Waals surface area (Å²) in [7, 11) is 0. The standard InChI is InChI=1S/C51H34O/c1-51(2)44-19-11-10-18-42(44)49-45(51)27-26-41-43-29-35-25-24-34(28-36(35)30-46(43)52-50(41)49)31-20-22-33(23-21-31)48-39-16-8-6-14-37(39)47(32-12-4-3-5-13-32)38-15-7-9-17-40(38)48/h3-30H,1-2H3. The van der Waals surface area contributed by atoms with E-state index in [9.17, 15) is 0 Å². The molecule has 244 valence electrons. The van der Waals surface area contributed by atoms with Crippen LogP contribution in [0.1, 0.15) is 25.0 Å². The monoisotopic (exact) mass is 662 g/mol. The van der Waals surface area contributed by atoms with E-state index in [2.05, 4.69) is 184 Å². The van der Waals surface area contributed by atoms with Crippen molar-refractivity contribution in [2.24, 2.45) is 0 Å². The van der Waals surface area contributed by atoms with Gasteiger partial charge in [-0.15, -0.1) is 0 Å². The Balaban J connectivity index is 1.02. The summed E-state index contributed by atoms with van der Waals surface area (Å²) in [5, 5.41) is 9.83. The van der Waals surface area contributed by atoms with Crippen LogP contribution in [0.4, 0.5) is 0 Å². The molecule has 11 rings (SSSR count). The van der Waals surface area contributed by atoms with Crippen molar-refractivity contribution < 1.29 is 4.42 Å². The summed E-state index contributed by atoms with van der Waals surface area (Å²) in [6, 6.07) is 62.3. The average molecular weight is 663 g/mol. The van der Waals surface area contributed by atoms with Crippen molar-refractivity contribution in [3.05, 3.63) is 181 Å². The molecule has 1 aromatic heterocycles. The van der Waals surface area contributed by atoms with Gasteiger partial charge in [0.15, 0.2) is 0 Å². The lowest BCUT2D eigenvalue weighted by Crippen LogP contribution is -2.14. The minimum Gasteiger partial charge on any atom is -0.455 e. The van der Waals surface area contributed by atoms with Crippen LogP contribution in [0.3, 0.4) is 0 Å². The molecule has 0 N–H and O–H groups in total. The van der Waals surface area contributed by atoms with E-state index in [1.54, 1.807) is 0 Å². The number of hydrogen-bond acceptors (Lipinski definition) is 1. The number of furan rings is 1. The van der Waals surface area contributed by atoms with Gasteiger partial charge in [-0.25, -0.2) is 0 Å². The van der Waals surface area contributed by atoms with E-state index in [0.29, 0.717) is 0 Å². The normalized spacial score (nSPS) is 13.3. The predicted molar refractivity (Wildman–Crippen MR) is 220 cm³/mol. The highest BCUT2D eigenvalue weighted by atomic mass is 16.3. The summed E-state index contributed by atoms with van der Waals surface area (Å²) < 4.78 is 6.77. The predicted octanol–water partition coefficient (Wildman–Crippen LogP) is 14.4. The van der Waals surface area contributed by atoms with Gasteiger partial charge in [0.05, 0.1) is 0 Å². The molecule has 1 aliphatic carbocycles. The molecule has 0 saturated heterocycles. The molecule has 1 heterocycles. The highest BCUT2D eigenvalue weighted by molar-refractivity contribution is 6.21. The third-order valence-electron chi connectivity index (χ3n) is 11.6. The van der Waals surface area contributed by atoms with E-state index in [1.165, 1.54) is 98.7 Å². The lowest BCUT2D eigenvalue weighted by molar-refractivity contribution is 0.653. The van der Waals surface area contributed by atoms with Crippen molar-refractivity contribution in [1.29, 1.82) is 0 Å². The zero-order valence-corrected chi connectivity index (χ0v) is 29.1. The first-order valence-corrected chi connectivity index (χ1v) is 18.2. The zero-order chi connectivity index (χ0) is 34.6. The molecule has 0 aliphatic heterocycles. The van der Waals surface area contributed by atoms with Crippen LogP contribution in [-0.2, 0) is 5.41 Å². The van der Waals surface area contributed by atoms with Gasteiger partial charge in [-0.2, -0.15) is 0 Å². The lowest BCUT2D eigenvalue weighted by atomic mass is 9.82. The molecule has 0 saturated carbocycles. The molecule has 0 amide bonds. The van der Waals surface area contributed by atoms with E-state index < -0.39 is 0 Å². The van der Waals surface area contributed by atoms with Crippen LogP contribution >= 0.6 is 0 Å². The van der Waals surface area contributed by atoms with Gasteiger partial charge in [-0.05, 0) is 101 Å². The molecule has 0 radical (unpaired) electrons. The molecular formula is C51H34O. The summed E-state index contributed by atoms with van der Waals surface area (Å²) >= 11 is 0. The second-order valence-electron chi connectivity index (χ2n) is 14.8. The van der Waals surface area contributed by atoms with Gasteiger partial charge >= 0.3 is 0 Å². The van der Waals surface area contributed by atoms with Gasteiger partial charge in [0.25, 0.3) is 0 Å². The number of rotatable bonds is 3. The van der Waals surface area contributed by atoms with E-state index >= 15 is 0 Å². The van der Waals surface area contributed by atoms with Crippen LogP contribution in [0.25, 0.3) is 98.8 Å². The molecule has 0 spiro atoms. The Morgan fingerprint density at radius 3 is 1.63 bits per heavy atom. The van der Waals surface area contributed by atoms with Gasteiger partial charge < -0.3 is 4.42 Å². The van der Waals surface area contributed by atoms with Crippen LogP contribution in [0.2, 0.25) is 0 Å². The zero-order valence-electron chi connectivity index (χ0n) is 29.1. The Morgan fingerprint density at radius 1 is 0.365 bits per heavy atom. The van der Waals surface area contributed by atoms with Gasteiger partial charge in [0.1, 0.15) is 11.2 Å². The molecule has 10 aromatic rings. The molecule has 0 unspecified atom stereocenters. The molecule has 1 nitrogen and oxygen atoms in total. The summed E-state index contributed by atoms with van der Waals surface area (Å²) in [4.78, 5) is 0. The third kappa shape index (κ3) is 4.11. The van der Waals surface area contributed by atoms with Crippen LogP contribution in [0, 0.1) is 0 Å². The number of fused-ring (bicyclic) bond motifs is 10. The van der Waals surface area contributed by atoms with Crippen molar-refractivity contribution in [2.45, 2.75) is 19.3 Å². The van der Waals surface area contributed by atoms with Crippen LogP contribution in [-0.4, -0.2) is 0 Å². The highest BCUT2D eigenvalue weighted by Gasteiger charge is 2.37. The first kappa shape index (κ1) is 29.3. The van der Waals surface area contributed by atoms with Gasteiger partial charge in [-0.3, -0.25) is 0 Å². The second kappa shape index (κ2) is 10.8. The Hall–Kier alpha value is -6.44. The fourth-order valence-corrected chi connectivity index (χ4v) is 9.13. The lowest BCUT2D eigenvalue weighted by Gasteiger charge is -2.21. The van der Waals surface area contributed by atoms with E-state index in [1.807, 2.05) is 0 Å². The molecule has 0 atom stereocenters. The van der Waals surface area contributed by atoms with E-state index in [4.69, 9.17) is 4.42 Å². The van der Waals surface area contributed by atoms with Crippen molar-refractivity contribution in [3.8, 4) is 44.5 Å². The van der Waals surface area contributed by atoms with Crippen LogP contribution in [0.15, 0.2) is 174 Å². The fourth-order valence-electron chi connectivity index (χ4n) is 9.13. The van der Waals surface area contributed by atoms with Crippen LogP contribution in [0.5, 0.6) is 0 Å². The Bertz CT molecular complexity index is 3010. The molecule has 52 heavy (non-hydrogen) atoms. The first-order valence-electron chi connectivity index (χ1n) is 18.2. The third-order valence-corrected chi connectivity index (χ3v) is 11.6. The van der Waals surface area contributed by atoms with Gasteiger partial charge in [0.2, 0.25) is 0 Å². The molecule has 0 bridgehead atoms. The second-order valence-corrected chi connectivity index (χ2v) is 14.8. The molecule has 1 aliphatic rings. The summed E-state index contributed by atoms with van der Waals surface area (Å²) in [6.07, 6.45) is 0. The van der Waals surface area contributed by atoms with Gasteiger partial charge in [0, 0.05) is 21.8 Å². The minimum absolute atomic E-state index is 0.0555. The van der Waals surface area contributed by atoms with E-state index in [-0.39, 0.29) is 5.41 Å². The smallest absolute Gasteiger partial charge is 0.143 e. The highest BCUT2D eigenvalue weighted by Crippen LogP contribution is 2.52. The SMILES string of the molecule is CC1(C)c2ccccc2-c2c1ccc1c2oc2cc3cc(-c4ccc(-c5c6ccccc6c(-c6ccccc6)c6ccccc56)cc4)ccc3cc21. The molecule has 1 heteroatoms. The average Bonchev–Trinajstić information content (AvgIpc) is 3.67. The largest absolute Gasteiger partial charge is 0.455 e. The maximum atomic E-state index is 6.77. The quantitative estimate of drug-likeness (QED) is 0.172. The Labute approximate surface area is 302 Å². The van der Waals surface area contributed by atoms with Gasteiger partial charge in [-0.1, -0.05) is 166 Å².